The van der Waals surface area contributed by atoms with Crippen molar-refractivity contribution in [1.29, 1.82) is 0 Å². The summed E-state index contributed by atoms with van der Waals surface area (Å²) in [5.41, 5.74) is 0.391. The molecule has 0 aliphatic heterocycles. The van der Waals surface area contributed by atoms with Crippen LogP contribution in [0.15, 0.2) is 0 Å². The van der Waals surface area contributed by atoms with Gasteiger partial charge in [0.2, 0.25) is 0 Å². The van der Waals surface area contributed by atoms with E-state index in [0.717, 1.165) is 19.4 Å². The number of nitrogens with one attached hydrogen (secondary N) is 1. The Morgan fingerprint density at radius 3 is 2.50 bits per heavy atom. The minimum absolute atomic E-state index is 0.288. The standard InChI is InChI=1S/C13H23NO2/c1-2-13(7-3-4-8-13)9-14-11(12(15)16)10-5-6-10/h10-11,14H,2-9H2,1H3,(H,15,16). The summed E-state index contributed by atoms with van der Waals surface area (Å²) < 4.78 is 0. The molecule has 2 aliphatic carbocycles. The highest BCUT2D eigenvalue weighted by molar-refractivity contribution is 5.74. The number of rotatable bonds is 6. The van der Waals surface area contributed by atoms with Crippen LogP contribution in [0.5, 0.6) is 0 Å². The average Bonchev–Trinajstić information content (AvgIpc) is 2.97. The summed E-state index contributed by atoms with van der Waals surface area (Å²) in [5.74, 6) is -0.264. The Kier molecular flexibility index (Phi) is 3.53. The number of hydrogen-bond donors (Lipinski definition) is 2. The highest BCUT2D eigenvalue weighted by Gasteiger charge is 2.38. The number of carboxylic acid groups (broad SMARTS) is 1. The molecule has 0 aromatic rings. The lowest BCUT2D eigenvalue weighted by atomic mass is 9.83. The van der Waals surface area contributed by atoms with Crippen LogP contribution in [0.3, 0.4) is 0 Å². The molecule has 0 heterocycles. The zero-order chi connectivity index (χ0) is 11.6. The second kappa shape index (κ2) is 4.74. The molecule has 2 aliphatic rings. The Balaban J connectivity index is 1.86. The Morgan fingerprint density at radius 2 is 2.06 bits per heavy atom. The van der Waals surface area contributed by atoms with Gasteiger partial charge >= 0.3 is 5.97 Å². The molecular formula is C13H23NO2. The molecule has 3 heteroatoms. The Bertz CT molecular complexity index is 255. The molecule has 2 rings (SSSR count). The molecular weight excluding hydrogens is 202 g/mol. The Morgan fingerprint density at radius 1 is 1.44 bits per heavy atom. The van der Waals surface area contributed by atoms with E-state index in [4.69, 9.17) is 5.11 Å². The first-order valence-electron chi connectivity index (χ1n) is 6.63. The number of carbonyl (C=O) groups is 1. The van der Waals surface area contributed by atoms with E-state index < -0.39 is 5.97 Å². The maximum absolute atomic E-state index is 11.1. The van der Waals surface area contributed by atoms with Crippen molar-refractivity contribution in [3.8, 4) is 0 Å². The van der Waals surface area contributed by atoms with Crippen molar-refractivity contribution < 1.29 is 9.90 Å². The predicted octanol–water partition coefficient (Wildman–Crippen LogP) is 2.41. The van der Waals surface area contributed by atoms with Gasteiger partial charge in [0.05, 0.1) is 0 Å². The zero-order valence-electron chi connectivity index (χ0n) is 10.2. The predicted molar refractivity (Wildman–Crippen MR) is 63.3 cm³/mol. The quantitative estimate of drug-likeness (QED) is 0.730. The third-order valence-electron chi connectivity index (χ3n) is 4.47. The van der Waals surface area contributed by atoms with Crippen LogP contribution in [0.25, 0.3) is 0 Å². The Hall–Kier alpha value is -0.570. The molecule has 0 saturated heterocycles. The fourth-order valence-corrected chi connectivity index (χ4v) is 2.99. The van der Waals surface area contributed by atoms with Crippen molar-refractivity contribution in [3.63, 3.8) is 0 Å². The summed E-state index contributed by atoms with van der Waals surface area (Å²) in [6.07, 6.45) is 8.53. The summed E-state index contributed by atoms with van der Waals surface area (Å²) >= 11 is 0. The third kappa shape index (κ3) is 2.57. The van der Waals surface area contributed by atoms with Crippen molar-refractivity contribution in [2.75, 3.05) is 6.54 Å². The molecule has 3 nitrogen and oxygen atoms in total. The molecule has 92 valence electrons. The van der Waals surface area contributed by atoms with Gasteiger partial charge in [-0.25, -0.2) is 0 Å². The van der Waals surface area contributed by atoms with Gasteiger partial charge in [0.25, 0.3) is 0 Å². The van der Waals surface area contributed by atoms with Crippen LogP contribution >= 0.6 is 0 Å². The van der Waals surface area contributed by atoms with Crippen LogP contribution < -0.4 is 5.32 Å². The molecule has 2 saturated carbocycles. The second-order valence-electron chi connectivity index (χ2n) is 5.59. The molecule has 0 aromatic heterocycles. The SMILES string of the molecule is CCC1(CNC(C(=O)O)C2CC2)CCCC1. The lowest BCUT2D eigenvalue weighted by Crippen LogP contribution is -2.44. The van der Waals surface area contributed by atoms with Crippen molar-refractivity contribution in [2.45, 2.75) is 57.9 Å². The van der Waals surface area contributed by atoms with Crippen molar-refractivity contribution in [3.05, 3.63) is 0 Å². The number of aliphatic carboxylic acids is 1. The van der Waals surface area contributed by atoms with Crippen LogP contribution in [-0.2, 0) is 4.79 Å². The van der Waals surface area contributed by atoms with Crippen LogP contribution in [0, 0.1) is 11.3 Å². The molecule has 0 bridgehead atoms. The molecule has 1 atom stereocenters. The van der Waals surface area contributed by atoms with Crippen LogP contribution in [0.2, 0.25) is 0 Å². The van der Waals surface area contributed by atoms with Gasteiger partial charge in [-0.05, 0) is 43.4 Å². The molecule has 0 radical (unpaired) electrons. The van der Waals surface area contributed by atoms with Gasteiger partial charge in [0.1, 0.15) is 6.04 Å². The first-order valence-corrected chi connectivity index (χ1v) is 6.63. The van der Waals surface area contributed by atoms with E-state index in [-0.39, 0.29) is 6.04 Å². The molecule has 0 aromatic carbocycles. The molecule has 0 spiro atoms. The highest BCUT2D eigenvalue weighted by Crippen LogP contribution is 2.41. The van der Waals surface area contributed by atoms with Crippen molar-refractivity contribution in [1.82, 2.24) is 5.32 Å². The highest BCUT2D eigenvalue weighted by atomic mass is 16.4. The van der Waals surface area contributed by atoms with E-state index in [9.17, 15) is 4.79 Å². The lowest BCUT2D eigenvalue weighted by molar-refractivity contribution is -0.140. The van der Waals surface area contributed by atoms with E-state index in [2.05, 4.69) is 12.2 Å². The number of carboxylic acids is 1. The van der Waals surface area contributed by atoms with Gasteiger partial charge in [-0.15, -0.1) is 0 Å². The van der Waals surface area contributed by atoms with Gasteiger partial charge < -0.3 is 10.4 Å². The lowest BCUT2D eigenvalue weighted by Gasteiger charge is -2.29. The first-order chi connectivity index (χ1) is 7.67. The van der Waals surface area contributed by atoms with Crippen LogP contribution in [-0.4, -0.2) is 23.7 Å². The van der Waals surface area contributed by atoms with Crippen molar-refractivity contribution >= 4 is 5.97 Å². The molecule has 2 N–H and O–H groups in total. The zero-order valence-corrected chi connectivity index (χ0v) is 10.2. The molecule has 2 fully saturated rings. The summed E-state index contributed by atoms with van der Waals surface area (Å²) in [4.78, 5) is 11.1. The van der Waals surface area contributed by atoms with Crippen molar-refractivity contribution in [2.24, 2.45) is 11.3 Å². The first kappa shape index (κ1) is 11.9. The normalized spacial score (nSPS) is 25.6. The smallest absolute Gasteiger partial charge is 0.320 e. The molecule has 0 amide bonds. The summed E-state index contributed by atoms with van der Waals surface area (Å²) in [6, 6.07) is -0.288. The fraction of sp³-hybridized carbons (Fsp3) is 0.923. The number of hydrogen-bond acceptors (Lipinski definition) is 2. The van der Waals surface area contributed by atoms with Gasteiger partial charge in [-0.3, -0.25) is 4.79 Å². The van der Waals surface area contributed by atoms with E-state index in [1.54, 1.807) is 0 Å². The monoisotopic (exact) mass is 225 g/mol. The van der Waals surface area contributed by atoms with Gasteiger partial charge in [0.15, 0.2) is 0 Å². The van der Waals surface area contributed by atoms with Crippen LogP contribution in [0.4, 0.5) is 0 Å². The van der Waals surface area contributed by atoms with E-state index in [1.165, 1.54) is 32.1 Å². The average molecular weight is 225 g/mol. The Labute approximate surface area is 97.6 Å². The van der Waals surface area contributed by atoms with E-state index >= 15 is 0 Å². The fourth-order valence-electron chi connectivity index (χ4n) is 2.99. The topological polar surface area (TPSA) is 49.3 Å². The van der Waals surface area contributed by atoms with Gasteiger partial charge in [-0.2, -0.15) is 0 Å². The molecule has 1 unspecified atom stereocenters. The molecule has 16 heavy (non-hydrogen) atoms. The minimum atomic E-state index is -0.660. The summed E-state index contributed by atoms with van der Waals surface area (Å²) in [5, 5.41) is 12.5. The minimum Gasteiger partial charge on any atom is -0.480 e. The summed E-state index contributed by atoms with van der Waals surface area (Å²) in [7, 11) is 0. The maximum Gasteiger partial charge on any atom is 0.320 e. The second-order valence-corrected chi connectivity index (χ2v) is 5.59. The largest absolute Gasteiger partial charge is 0.480 e. The van der Waals surface area contributed by atoms with Crippen LogP contribution in [0.1, 0.15) is 51.9 Å². The summed E-state index contributed by atoms with van der Waals surface area (Å²) in [6.45, 7) is 3.14. The van der Waals surface area contributed by atoms with E-state index in [1.807, 2.05) is 0 Å². The maximum atomic E-state index is 11.1. The van der Waals surface area contributed by atoms with Gasteiger partial charge in [-0.1, -0.05) is 19.8 Å². The van der Waals surface area contributed by atoms with E-state index in [0.29, 0.717) is 11.3 Å². The third-order valence-corrected chi connectivity index (χ3v) is 4.47. The van der Waals surface area contributed by atoms with Gasteiger partial charge in [0, 0.05) is 6.54 Å².